The highest BCUT2D eigenvalue weighted by molar-refractivity contribution is 9.10. The minimum absolute atomic E-state index is 0.0436. The summed E-state index contributed by atoms with van der Waals surface area (Å²) < 4.78 is 16.6. The second-order valence-electron chi connectivity index (χ2n) is 4.39. The summed E-state index contributed by atoms with van der Waals surface area (Å²) in [5.74, 6) is 5.12. The number of aromatic nitrogens is 2. The molecule has 0 bridgehead atoms. The van der Waals surface area contributed by atoms with Crippen molar-refractivity contribution in [1.82, 2.24) is 15.2 Å². The Morgan fingerprint density at radius 2 is 2.25 bits per heavy atom. The molecule has 0 spiro atoms. The Kier molecular flexibility index (Phi) is 4.80. The fourth-order valence-corrected chi connectivity index (χ4v) is 2.63. The van der Waals surface area contributed by atoms with Crippen LogP contribution in [0.4, 0.5) is 4.39 Å². The maximum Gasteiger partial charge on any atom is 0.148 e. The van der Waals surface area contributed by atoms with Crippen LogP contribution >= 0.6 is 27.5 Å². The standard InChI is InChI=1S/C13H15BrClFN4/c1-3-20-10(6-7(2)19-20)13(18-17)8-4-5-9(14)11(15)12(8)16/h4-6,13,18H,3,17H2,1-2H3. The van der Waals surface area contributed by atoms with Crippen LogP contribution in [0.25, 0.3) is 0 Å². The molecule has 0 amide bonds. The molecule has 0 radical (unpaired) electrons. The van der Waals surface area contributed by atoms with Gasteiger partial charge < -0.3 is 0 Å². The van der Waals surface area contributed by atoms with Crippen LogP contribution in [-0.2, 0) is 6.54 Å². The molecule has 7 heteroatoms. The molecule has 4 nitrogen and oxygen atoms in total. The van der Waals surface area contributed by atoms with E-state index in [1.54, 1.807) is 16.8 Å². The molecule has 0 saturated heterocycles. The van der Waals surface area contributed by atoms with Crippen LogP contribution in [0.15, 0.2) is 22.7 Å². The van der Waals surface area contributed by atoms with Gasteiger partial charge in [0.1, 0.15) is 5.82 Å². The third-order valence-corrected chi connectivity index (χ3v) is 4.33. The van der Waals surface area contributed by atoms with Gasteiger partial charge in [-0.25, -0.2) is 9.82 Å². The van der Waals surface area contributed by atoms with Gasteiger partial charge in [0.05, 0.1) is 22.5 Å². The molecule has 0 fully saturated rings. The Labute approximate surface area is 130 Å². The van der Waals surface area contributed by atoms with Crippen LogP contribution in [0.5, 0.6) is 0 Å². The van der Waals surface area contributed by atoms with E-state index >= 15 is 0 Å². The summed E-state index contributed by atoms with van der Waals surface area (Å²) >= 11 is 9.14. The highest BCUT2D eigenvalue weighted by atomic mass is 79.9. The van der Waals surface area contributed by atoms with Crippen molar-refractivity contribution < 1.29 is 4.39 Å². The predicted molar refractivity (Wildman–Crippen MR) is 80.9 cm³/mol. The first-order valence-corrected chi connectivity index (χ1v) is 7.30. The van der Waals surface area contributed by atoms with E-state index in [0.29, 0.717) is 16.6 Å². The number of halogens is 3. The maximum absolute atomic E-state index is 14.3. The first kappa shape index (κ1) is 15.4. The van der Waals surface area contributed by atoms with Gasteiger partial charge in [0, 0.05) is 16.6 Å². The van der Waals surface area contributed by atoms with Crippen molar-refractivity contribution in [3.05, 3.63) is 50.5 Å². The van der Waals surface area contributed by atoms with Crippen molar-refractivity contribution in [1.29, 1.82) is 0 Å². The lowest BCUT2D eigenvalue weighted by molar-refractivity contribution is 0.515. The van der Waals surface area contributed by atoms with E-state index in [0.717, 1.165) is 11.4 Å². The van der Waals surface area contributed by atoms with E-state index in [2.05, 4.69) is 26.5 Å². The number of hydrogen-bond donors (Lipinski definition) is 2. The van der Waals surface area contributed by atoms with Crippen molar-refractivity contribution in [2.75, 3.05) is 0 Å². The number of hydrogen-bond acceptors (Lipinski definition) is 3. The number of nitrogens with two attached hydrogens (primary N) is 1. The van der Waals surface area contributed by atoms with E-state index in [9.17, 15) is 4.39 Å². The molecule has 1 unspecified atom stereocenters. The SMILES string of the molecule is CCn1nc(C)cc1C(NN)c1ccc(Br)c(Cl)c1F. The summed E-state index contributed by atoms with van der Waals surface area (Å²) in [6, 6.07) is 4.72. The van der Waals surface area contributed by atoms with E-state index in [1.165, 1.54) is 0 Å². The lowest BCUT2D eigenvalue weighted by Gasteiger charge is -2.19. The summed E-state index contributed by atoms with van der Waals surface area (Å²) in [5, 5.41) is 4.39. The third-order valence-electron chi connectivity index (χ3n) is 3.07. The lowest BCUT2D eigenvalue weighted by atomic mass is 10.0. The van der Waals surface area contributed by atoms with Gasteiger partial charge in [-0.1, -0.05) is 17.7 Å². The topological polar surface area (TPSA) is 55.9 Å². The van der Waals surface area contributed by atoms with Gasteiger partial charge >= 0.3 is 0 Å². The van der Waals surface area contributed by atoms with Crippen molar-refractivity contribution in [3.63, 3.8) is 0 Å². The first-order valence-electron chi connectivity index (χ1n) is 6.13. The number of rotatable bonds is 4. The monoisotopic (exact) mass is 360 g/mol. The van der Waals surface area contributed by atoms with Crippen molar-refractivity contribution in [3.8, 4) is 0 Å². The molecule has 0 aliphatic rings. The van der Waals surface area contributed by atoms with E-state index < -0.39 is 11.9 Å². The van der Waals surface area contributed by atoms with Crippen LogP contribution in [0.3, 0.4) is 0 Å². The third kappa shape index (κ3) is 2.74. The minimum Gasteiger partial charge on any atom is -0.271 e. The van der Waals surface area contributed by atoms with E-state index in [-0.39, 0.29) is 5.02 Å². The number of aryl methyl sites for hydroxylation is 2. The van der Waals surface area contributed by atoms with Gasteiger partial charge in [-0.2, -0.15) is 5.10 Å². The first-order chi connectivity index (χ1) is 9.49. The summed E-state index contributed by atoms with van der Waals surface area (Å²) in [6.07, 6.45) is 0. The number of nitrogens with one attached hydrogen (secondary N) is 1. The molecule has 2 rings (SSSR count). The van der Waals surface area contributed by atoms with Gasteiger partial charge in [-0.05, 0) is 41.9 Å². The smallest absolute Gasteiger partial charge is 0.148 e. The molecule has 0 aliphatic heterocycles. The summed E-state index contributed by atoms with van der Waals surface area (Å²) in [5.41, 5.74) is 4.67. The molecule has 1 atom stereocenters. The van der Waals surface area contributed by atoms with Crippen molar-refractivity contribution in [2.24, 2.45) is 5.84 Å². The Hall–Kier alpha value is -0.950. The molecule has 108 valence electrons. The Balaban J connectivity index is 2.55. The number of hydrazine groups is 1. The zero-order chi connectivity index (χ0) is 14.9. The summed E-state index contributed by atoms with van der Waals surface area (Å²) in [4.78, 5) is 0. The second kappa shape index (κ2) is 6.22. The van der Waals surface area contributed by atoms with Gasteiger partial charge in [-0.3, -0.25) is 10.5 Å². The van der Waals surface area contributed by atoms with Crippen LogP contribution in [0.1, 0.15) is 29.9 Å². The molecular formula is C13H15BrClFN4. The molecule has 20 heavy (non-hydrogen) atoms. The van der Waals surface area contributed by atoms with Crippen molar-refractivity contribution in [2.45, 2.75) is 26.4 Å². The van der Waals surface area contributed by atoms with Crippen LogP contribution < -0.4 is 11.3 Å². The average Bonchev–Trinajstić information content (AvgIpc) is 2.80. The Morgan fingerprint density at radius 3 is 2.85 bits per heavy atom. The molecule has 1 aromatic carbocycles. The lowest BCUT2D eigenvalue weighted by Crippen LogP contribution is -2.31. The predicted octanol–water partition coefficient (Wildman–Crippen LogP) is 3.32. The number of benzene rings is 1. The molecule has 0 saturated carbocycles. The second-order valence-corrected chi connectivity index (χ2v) is 5.62. The molecule has 0 aliphatic carbocycles. The number of nitrogens with zero attached hydrogens (tertiary/aromatic N) is 2. The molecule has 3 N–H and O–H groups in total. The largest absolute Gasteiger partial charge is 0.271 e. The van der Waals surface area contributed by atoms with Gasteiger partial charge in [0.25, 0.3) is 0 Å². The minimum atomic E-state index is -0.512. The maximum atomic E-state index is 14.3. The molecular weight excluding hydrogens is 347 g/mol. The van der Waals surface area contributed by atoms with Crippen LogP contribution in [0.2, 0.25) is 5.02 Å². The highest BCUT2D eigenvalue weighted by Gasteiger charge is 2.23. The van der Waals surface area contributed by atoms with E-state index in [4.69, 9.17) is 17.4 Å². The fourth-order valence-electron chi connectivity index (χ4n) is 2.15. The molecule has 1 heterocycles. The zero-order valence-electron chi connectivity index (χ0n) is 11.1. The molecule has 1 aromatic heterocycles. The van der Waals surface area contributed by atoms with Gasteiger partial charge in [-0.15, -0.1) is 0 Å². The highest BCUT2D eigenvalue weighted by Crippen LogP contribution is 2.32. The van der Waals surface area contributed by atoms with Crippen molar-refractivity contribution >= 4 is 27.5 Å². The van der Waals surface area contributed by atoms with Crippen LogP contribution in [-0.4, -0.2) is 9.78 Å². The van der Waals surface area contributed by atoms with Crippen LogP contribution in [0, 0.1) is 12.7 Å². The van der Waals surface area contributed by atoms with Gasteiger partial charge in [0.15, 0.2) is 0 Å². The van der Waals surface area contributed by atoms with Gasteiger partial charge in [0.2, 0.25) is 0 Å². The Morgan fingerprint density at radius 1 is 1.55 bits per heavy atom. The fraction of sp³-hybridized carbons (Fsp3) is 0.308. The summed E-state index contributed by atoms with van der Waals surface area (Å²) in [7, 11) is 0. The normalized spacial score (nSPS) is 12.7. The summed E-state index contributed by atoms with van der Waals surface area (Å²) in [6.45, 7) is 4.52. The zero-order valence-corrected chi connectivity index (χ0v) is 13.5. The molecule has 2 aromatic rings. The Bertz CT molecular complexity index is 629. The average molecular weight is 362 g/mol. The van der Waals surface area contributed by atoms with E-state index in [1.807, 2.05) is 19.9 Å². The quantitative estimate of drug-likeness (QED) is 0.499.